The van der Waals surface area contributed by atoms with Crippen molar-refractivity contribution in [2.45, 2.75) is 38.8 Å². The fourth-order valence-electron chi connectivity index (χ4n) is 5.74. The van der Waals surface area contributed by atoms with Crippen molar-refractivity contribution in [1.29, 1.82) is 0 Å². The minimum atomic E-state index is -4.42. The van der Waals surface area contributed by atoms with E-state index in [-0.39, 0.29) is 12.2 Å². The summed E-state index contributed by atoms with van der Waals surface area (Å²) in [5, 5.41) is 9.56. The summed E-state index contributed by atoms with van der Waals surface area (Å²) < 4.78 is 52.6. The van der Waals surface area contributed by atoms with Gasteiger partial charge in [0.05, 0.1) is 17.8 Å². The van der Waals surface area contributed by atoms with Crippen LogP contribution in [0.25, 0.3) is 17.2 Å². The van der Waals surface area contributed by atoms with E-state index in [0.29, 0.717) is 24.8 Å². The number of nitrogens with zero attached hydrogens (tertiary/aromatic N) is 1. The molecule has 1 aliphatic heterocycles. The molecular formula is C33H31F4NO2. The van der Waals surface area contributed by atoms with E-state index in [1.807, 2.05) is 30.3 Å². The van der Waals surface area contributed by atoms with Gasteiger partial charge in [-0.15, -0.1) is 0 Å². The largest absolute Gasteiger partial charge is 0.478 e. The third kappa shape index (κ3) is 5.89. The summed E-state index contributed by atoms with van der Waals surface area (Å²) in [4.78, 5) is 13.9. The van der Waals surface area contributed by atoms with Gasteiger partial charge in [0.25, 0.3) is 0 Å². The molecule has 208 valence electrons. The molecule has 0 radical (unpaired) electrons. The molecule has 1 fully saturated rings. The van der Waals surface area contributed by atoms with E-state index in [4.69, 9.17) is 0 Å². The molecule has 0 bridgehead atoms. The smallest absolute Gasteiger partial charge is 0.416 e. The van der Waals surface area contributed by atoms with E-state index in [9.17, 15) is 27.5 Å². The summed E-state index contributed by atoms with van der Waals surface area (Å²) in [6, 6.07) is 17.2. The van der Waals surface area contributed by atoms with Crippen LogP contribution in [-0.2, 0) is 12.6 Å². The van der Waals surface area contributed by atoms with Crippen LogP contribution in [0.1, 0.15) is 68.6 Å². The van der Waals surface area contributed by atoms with Crippen LogP contribution in [-0.4, -0.2) is 42.3 Å². The van der Waals surface area contributed by atoms with Crippen LogP contribution in [0, 0.1) is 6.92 Å². The van der Waals surface area contributed by atoms with Gasteiger partial charge in [-0.1, -0.05) is 42.5 Å². The van der Waals surface area contributed by atoms with Gasteiger partial charge in [0.15, 0.2) is 0 Å². The number of carboxylic acid groups (broad SMARTS) is 1. The van der Waals surface area contributed by atoms with Gasteiger partial charge in [0.2, 0.25) is 0 Å². The van der Waals surface area contributed by atoms with Gasteiger partial charge in [-0.2, -0.15) is 13.2 Å². The Morgan fingerprint density at radius 2 is 1.70 bits per heavy atom. The second kappa shape index (κ2) is 11.4. The number of carbonyl (C=O) groups is 1. The van der Waals surface area contributed by atoms with Crippen molar-refractivity contribution in [3.63, 3.8) is 0 Å². The Balaban J connectivity index is 1.57. The number of halogens is 4. The first-order valence-corrected chi connectivity index (χ1v) is 13.5. The molecular weight excluding hydrogens is 518 g/mol. The third-order valence-electron chi connectivity index (χ3n) is 7.71. The van der Waals surface area contributed by atoms with Gasteiger partial charge >= 0.3 is 12.1 Å². The van der Waals surface area contributed by atoms with E-state index in [0.717, 1.165) is 71.1 Å². The van der Waals surface area contributed by atoms with E-state index in [1.54, 1.807) is 25.1 Å². The zero-order valence-corrected chi connectivity index (χ0v) is 22.3. The number of hydrogen-bond acceptors (Lipinski definition) is 2. The molecule has 3 aromatic carbocycles. The van der Waals surface area contributed by atoms with Crippen molar-refractivity contribution < 1.29 is 27.5 Å². The monoisotopic (exact) mass is 549 g/mol. The number of hydrogen-bond donors (Lipinski definition) is 1. The first kappa shape index (κ1) is 27.8. The number of aromatic carboxylic acids is 1. The SMILES string of the molecule is Cc1cc(C(F)(F)F)ccc1C1=C(c2ccc(C=C3CN(CCCF)C3)cc2)c2ccc(C(=O)O)cc2CCC1. The van der Waals surface area contributed by atoms with Crippen LogP contribution >= 0.6 is 0 Å². The average molecular weight is 550 g/mol. The molecule has 0 amide bonds. The molecule has 2 aliphatic rings. The molecule has 1 saturated heterocycles. The zero-order chi connectivity index (χ0) is 28.4. The molecule has 0 aromatic heterocycles. The maximum atomic E-state index is 13.4. The Kier molecular flexibility index (Phi) is 7.95. The van der Waals surface area contributed by atoms with Gasteiger partial charge < -0.3 is 5.11 Å². The van der Waals surface area contributed by atoms with Crippen molar-refractivity contribution in [3.8, 4) is 0 Å². The first-order valence-electron chi connectivity index (χ1n) is 13.5. The zero-order valence-electron chi connectivity index (χ0n) is 22.3. The van der Waals surface area contributed by atoms with Crippen molar-refractivity contribution in [3.05, 3.63) is 111 Å². The van der Waals surface area contributed by atoms with Gasteiger partial charge in [-0.25, -0.2) is 4.79 Å². The molecule has 1 N–H and O–H groups in total. The van der Waals surface area contributed by atoms with E-state index in [1.165, 1.54) is 11.6 Å². The van der Waals surface area contributed by atoms with Gasteiger partial charge in [-0.3, -0.25) is 9.29 Å². The van der Waals surface area contributed by atoms with Crippen molar-refractivity contribution in [2.24, 2.45) is 0 Å². The molecule has 0 spiro atoms. The summed E-state index contributed by atoms with van der Waals surface area (Å²) in [5.41, 5.74) is 7.84. The van der Waals surface area contributed by atoms with Crippen LogP contribution in [0.5, 0.6) is 0 Å². The van der Waals surface area contributed by atoms with Crippen molar-refractivity contribution >= 4 is 23.2 Å². The van der Waals surface area contributed by atoms with E-state index < -0.39 is 17.7 Å². The standard InChI is InChI=1S/C33H31F4NO2/c1-21-16-27(33(35,36)37)11-13-28(21)30-5-2-4-25-18-26(32(39)40)10-12-29(25)31(30)24-8-6-22(7-9-24)17-23-19-38(20-23)15-3-14-34/h6-13,16-18H,2-5,14-15,19-20H2,1H3,(H,39,40). The van der Waals surface area contributed by atoms with Gasteiger partial charge in [-0.05, 0) is 107 Å². The second-order valence-corrected chi connectivity index (χ2v) is 10.6. The van der Waals surface area contributed by atoms with Crippen LogP contribution in [0.4, 0.5) is 17.6 Å². The Morgan fingerprint density at radius 3 is 2.35 bits per heavy atom. The fourth-order valence-corrected chi connectivity index (χ4v) is 5.74. The molecule has 3 aromatic rings. The normalized spacial score (nSPS) is 15.9. The highest BCUT2D eigenvalue weighted by Gasteiger charge is 2.31. The topological polar surface area (TPSA) is 40.5 Å². The Hall–Kier alpha value is -3.71. The van der Waals surface area contributed by atoms with Gasteiger partial charge in [0, 0.05) is 19.6 Å². The summed E-state index contributed by atoms with van der Waals surface area (Å²) in [6.45, 7) is 3.84. The van der Waals surface area contributed by atoms with E-state index in [2.05, 4.69) is 11.0 Å². The lowest BCUT2D eigenvalue weighted by Crippen LogP contribution is -2.40. The molecule has 1 heterocycles. The van der Waals surface area contributed by atoms with Crippen molar-refractivity contribution in [1.82, 2.24) is 4.90 Å². The molecule has 3 nitrogen and oxygen atoms in total. The minimum Gasteiger partial charge on any atom is -0.478 e. The number of aryl methyl sites for hydroxylation is 2. The van der Waals surface area contributed by atoms with E-state index >= 15 is 0 Å². The first-order chi connectivity index (χ1) is 19.1. The summed E-state index contributed by atoms with van der Waals surface area (Å²) in [6.07, 6.45) is 0.348. The Bertz CT molecular complexity index is 1480. The highest BCUT2D eigenvalue weighted by Crippen LogP contribution is 2.42. The lowest BCUT2D eigenvalue weighted by Gasteiger charge is -2.33. The van der Waals surface area contributed by atoms with Crippen LogP contribution in [0.15, 0.2) is 66.2 Å². The molecule has 5 rings (SSSR count). The highest BCUT2D eigenvalue weighted by atomic mass is 19.4. The summed E-state index contributed by atoms with van der Waals surface area (Å²) in [5.74, 6) is -0.993. The number of rotatable bonds is 7. The lowest BCUT2D eigenvalue weighted by atomic mass is 9.85. The van der Waals surface area contributed by atoms with Gasteiger partial charge in [0.1, 0.15) is 0 Å². The maximum Gasteiger partial charge on any atom is 0.416 e. The fraction of sp³-hybridized carbons (Fsp3) is 0.303. The Labute approximate surface area is 231 Å². The second-order valence-electron chi connectivity index (χ2n) is 10.6. The highest BCUT2D eigenvalue weighted by molar-refractivity contribution is 6.01. The number of fused-ring (bicyclic) bond motifs is 1. The predicted molar refractivity (Wildman–Crippen MR) is 150 cm³/mol. The lowest BCUT2D eigenvalue weighted by molar-refractivity contribution is -0.137. The van der Waals surface area contributed by atoms with Crippen LogP contribution < -0.4 is 0 Å². The summed E-state index contributed by atoms with van der Waals surface area (Å²) >= 11 is 0. The molecule has 7 heteroatoms. The predicted octanol–water partition coefficient (Wildman–Crippen LogP) is 8.07. The number of carboxylic acids is 1. The molecule has 0 unspecified atom stereocenters. The number of allylic oxidation sites excluding steroid dienone is 1. The maximum absolute atomic E-state index is 13.4. The van der Waals surface area contributed by atoms with Crippen LogP contribution in [0.3, 0.4) is 0 Å². The summed E-state index contributed by atoms with van der Waals surface area (Å²) in [7, 11) is 0. The quantitative estimate of drug-likeness (QED) is 0.303. The molecule has 0 atom stereocenters. The number of alkyl halides is 4. The number of benzene rings is 3. The molecule has 40 heavy (non-hydrogen) atoms. The molecule has 1 aliphatic carbocycles. The third-order valence-corrected chi connectivity index (χ3v) is 7.71. The van der Waals surface area contributed by atoms with Crippen LogP contribution in [0.2, 0.25) is 0 Å². The Morgan fingerprint density at radius 1 is 0.975 bits per heavy atom. The molecule has 0 saturated carbocycles. The average Bonchev–Trinajstić information content (AvgIpc) is 3.08. The minimum absolute atomic E-state index is 0.218. The van der Waals surface area contributed by atoms with Crippen molar-refractivity contribution in [2.75, 3.05) is 26.3 Å². The number of likely N-dealkylation sites (tertiary alicyclic amines) is 1.